The molecule has 0 fully saturated rings. The number of hydrogen-bond donors (Lipinski definition) is 1. The van der Waals surface area contributed by atoms with E-state index < -0.39 is 0 Å². The highest BCUT2D eigenvalue weighted by atomic mass is 16.2. The Morgan fingerprint density at radius 1 is 0.786 bits per heavy atom. The maximum absolute atomic E-state index is 9.18. The topological polar surface area (TPSA) is 20.2 Å². The van der Waals surface area contributed by atoms with Gasteiger partial charge in [-0.1, -0.05) is 54.6 Å². The standard InChI is InChI=1S/C12H11BO/c14-13-12-9-5-4-8-11(12)10-6-2-1-3-7-10/h1-9,13-14H. The molecule has 0 bridgehead atoms. The Bertz CT molecular complexity index is 412. The molecule has 0 amide bonds. The first-order valence-electron chi connectivity index (χ1n) is 4.66. The average molecular weight is 182 g/mol. The largest absolute Gasteiger partial charge is 0.449 e. The summed E-state index contributed by atoms with van der Waals surface area (Å²) >= 11 is 0. The quantitative estimate of drug-likeness (QED) is 0.694. The van der Waals surface area contributed by atoms with Crippen LogP contribution in [0.4, 0.5) is 0 Å². The van der Waals surface area contributed by atoms with Gasteiger partial charge in [-0.3, -0.25) is 0 Å². The maximum Gasteiger partial charge on any atom is 0.305 e. The van der Waals surface area contributed by atoms with Gasteiger partial charge in [-0.15, -0.1) is 0 Å². The van der Waals surface area contributed by atoms with E-state index >= 15 is 0 Å². The molecule has 68 valence electrons. The molecule has 0 aliphatic rings. The molecule has 0 radical (unpaired) electrons. The highest BCUT2D eigenvalue weighted by Gasteiger charge is 2.02. The van der Waals surface area contributed by atoms with E-state index in [9.17, 15) is 5.02 Å². The minimum atomic E-state index is 0.0884. The van der Waals surface area contributed by atoms with Gasteiger partial charge in [0.1, 0.15) is 0 Å². The summed E-state index contributed by atoms with van der Waals surface area (Å²) in [6.45, 7) is 0. The summed E-state index contributed by atoms with van der Waals surface area (Å²) in [4.78, 5) is 0. The second-order valence-electron chi connectivity index (χ2n) is 3.18. The van der Waals surface area contributed by atoms with E-state index in [0.717, 1.165) is 16.6 Å². The fraction of sp³-hybridized carbons (Fsp3) is 0. The minimum absolute atomic E-state index is 0.0884. The van der Waals surface area contributed by atoms with E-state index in [1.54, 1.807) is 0 Å². The monoisotopic (exact) mass is 182 g/mol. The van der Waals surface area contributed by atoms with Gasteiger partial charge in [0, 0.05) is 0 Å². The van der Waals surface area contributed by atoms with Crippen LogP contribution in [-0.4, -0.2) is 12.5 Å². The first-order valence-corrected chi connectivity index (χ1v) is 4.66. The lowest BCUT2D eigenvalue weighted by Crippen LogP contribution is -2.15. The fourth-order valence-corrected chi connectivity index (χ4v) is 1.56. The van der Waals surface area contributed by atoms with Crippen molar-refractivity contribution in [2.45, 2.75) is 0 Å². The molecule has 1 nitrogen and oxygen atoms in total. The summed E-state index contributed by atoms with van der Waals surface area (Å²) in [5.74, 6) is 0. The Kier molecular flexibility index (Phi) is 2.66. The van der Waals surface area contributed by atoms with E-state index in [1.807, 2.05) is 42.5 Å². The van der Waals surface area contributed by atoms with Crippen molar-refractivity contribution in [2.75, 3.05) is 0 Å². The van der Waals surface area contributed by atoms with Crippen molar-refractivity contribution >= 4 is 12.9 Å². The van der Waals surface area contributed by atoms with E-state index in [4.69, 9.17) is 0 Å². The van der Waals surface area contributed by atoms with Gasteiger partial charge in [0.2, 0.25) is 0 Å². The lowest BCUT2D eigenvalue weighted by atomic mass is 9.82. The zero-order valence-electron chi connectivity index (χ0n) is 7.85. The van der Waals surface area contributed by atoms with Gasteiger partial charge >= 0.3 is 7.48 Å². The van der Waals surface area contributed by atoms with E-state index in [2.05, 4.69) is 12.1 Å². The molecule has 0 atom stereocenters. The van der Waals surface area contributed by atoms with Crippen molar-refractivity contribution in [3.8, 4) is 11.1 Å². The van der Waals surface area contributed by atoms with Crippen LogP contribution in [0, 0.1) is 0 Å². The summed E-state index contributed by atoms with van der Waals surface area (Å²) in [6, 6.07) is 18.0. The van der Waals surface area contributed by atoms with E-state index in [-0.39, 0.29) is 7.48 Å². The predicted molar refractivity (Wildman–Crippen MR) is 60.9 cm³/mol. The van der Waals surface area contributed by atoms with Crippen LogP contribution < -0.4 is 5.46 Å². The minimum Gasteiger partial charge on any atom is -0.449 e. The molecule has 2 aromatic carbocycles. The molecule has 0 heterocycles. The van der Waals surface area contributed by atoms with Gasteiger partial charge in [-0.05, 0) is 16.6 Å². The van der Waals surface area contributed by atoms with Crippen molar-refractivity contribution in [1.29, 1.82) is 0 Å². The third-order valence-corrected chi connectivity index (χ3v) is 2.27. The summed E-state index contributed by atoms with van der Waals surface area (Å²) in [5.41, 5.74) is 3.23. The van der Waals surface area contributed by atoms with Crippen molar-refractivity contribution in [3.05, 3.63) is 54.6 Å². The Morgan fingerprint density at radius 2 is 1.43 bits per heavy atom. The molecule has 0 unspecified atom stereocenters. The molecule has 0 aliphatic carbocycles. The molecular formula is C12H11BO. The first kappa shape index (κ1) is 9.04. The Morgan fingerprint density at radius 3 is 2.14 bits per heavy atom. The van der Waals surface area contributed by atoms with Crippen molar-refractivity contribution in [1.82, 2.24) is 0 Å². The SMILES string of the molecule is OBc1ccccc1-c1ccccc1. The smallest absolute Gasteiger partial charge is 0.305 e. The first-order chi connectivity index (χ1) is 6.92. The van der Waals surface area contributed by atoms with Crippen LogP contribution in [0.15, 0.2) is 54.6 Å². The normalized spacial score (nSPS) is 9.79. The Hall–Kier alpha value is -1.54. The molecule has 0 saturated heterocycles. The fourth-order valence-electron chi connectivity index (χ4n) is 1.56. The van der Waals surface area contributed by atoms with Crippen LogP contribution in [0.25, 0.3) is 11.1 Å². The molecule has 2 heteroatoms. The molecular weight excluding hydrogens is 171 g/mol. The van der Waals surface area contributed by atoms with Gasteiger partial charge < -0.3 is 5.02 Å². The van der Waals surface area contributed by atoms with Gasteiger partial charge in [0.25, 0.3) is 0 Å². The molecule has 2 rings (SSSR count). The van der Waals surface area contributed by atoms with Crippen LogP contribution in [0.1, 0.15) is 0 Å². The van der Waals surface area contributed by atoms with Gasteiger partial charge in [-0.2, -0.15) is 0 Å². The third kappa shape index (κ3) is 1.70. The molecule has 1 N–H and O–H groups in total. The predicted octanol–water partition coefficient (Wildman–Crippen LogP) is 1.32. The van der Waals surface area contributed by atoms with E-state index in [1.165, 1.54) is 0 Å². The molecule has 14 heavy (non-hydrogen) atoms. The van der Waals surface area contributed by atoms with Crippen LogP contribution >= 0.6 is 0 Å². The third-order valence-electron chi connectivity index (χ3n) is 2.27. The molecule has 0 saturated carbocycles. The summed E-state index contributed by atoms with van der Waals surface area (Å²) in [7, 11) is 0.0884. The van der Waals surface area contributed by atoms with Crippen molar-refractivity contribution < 1.29 is 5.02 Å². The number of rotatable bonds is 2. The Balaban J connectivity index is 2.51. The van der Waals surface area contributed by atoms with Crippen LogP contribution in [-0.2, 0) is 0 Å². The molecule has 0 aromatic heterocycles. The lowest BCUT2D eigenvalue weighted by Gasteiger charge is -2.05. The van der Waals surface area contributed by atoms with E-state index in [0.29, 0.717) is 0 Å². The molecule has 0 aliphatic heterocycles. The number of benzene rings is 2. The summed E-state index contributed by atoms with van der Waals surface area (Å²) in [5, 5.41) is 9.18. The van der Waals surface area contributed by atoms with Crippen molar-refractivity contribution in [2.24, 2.45) is 0 Å². The average Bonchev–Trinajstić information content (AvgIpc) is 2.30. The zero-order chi connectivity index (χ0) is 9.80. The summed E-state index contributed by atoms with van der Waals surface area (Å²) < 4.78 is 0. The summed E-state index contributed by atoms with van der Waals surface area (Å²) in [6.07, 6.45) is 0. The highest BCUT2D eigenvalue weighted by molar-refractivity contribution is 6.48. The maximum atomic E-state index is 9.18. The van der Waals surface area contributed by atoms with Crippen LogP contribution in [0.5, 0.6) is 0 Å². The highest BCUT2D eigenvalue weighted by Crippen LogP contribution is 2.15. The van der Waals surface area contributed by atoms with Gasteiger partial charge in [-0.25, -0.2) is 0 Å². The number of hydrogen-bond acceptors (Lipinski definition) is 1. The molecule has 0 spiro atoms. The zero-order valence-corrected chi connectivity index (χ0v) is 7.85. The van der Waals surface area contributed by atoms with Gasteiger partial charge in [0.15, 0.2) is 0 Å². The second-order valence-corrected chi connectivity index (χ2v) is 3.18. The van der Waals surface area contributed by atoms with Crippen molar-refractivity contribution in [3.63, 3.8) is 0 Å². The van der Waals surface area contributed by atoms with Crippen LogP contribution in [0.2, 0.25) is 0 Å². The second kappa shape index (κ2) is 4.12. The van der Waals surface area contributed by atoms with Gasteiger partial charge in [0.05, 0.1) is 0 Å². The lowest BCUT2D eigenvalue weighted by molar-refractivity contribution is 0.615. The van der Waals surface area contributed by atoms with Crippen LogP contribution in [0.3, 0.4) is 0 Å². The Labute approximate surface area is 84.3 Å². The molecule has 2 aromatic rings.